The molecule has 0 spiro atoms. The smallest absolute Gasteiger partial charge is 0.0619 e. The minimum atomic E-state index is 1.17. The predicted molar refractivity (Wildman–Crippen MR) is 254 cm³/mol. The Morgan fingerprint density at radius 3 is 1.40 bits per heavy atom. The van der Waals surface area contributed by atoms with Gasteiger partial charge in [0.15, 0.2) is 0 Å². The Bertz CT molecular complexity index is 3580. The molecule has 0 unspecified atom stereocenters. The van der Waals surface area contributed by atoms with E-state index in [2.05, 4.69) is 240 Å². The first kappa shape index (κ1) is 34.1. The average molecular weight is 763 g/mol. The Morgan fingerprint density at radius 1 is 0.217 bits per heavy atom. The first-order valence-corrected chi connectivity index (χ1v) is 20.7. The Kier molecular flexibility index (Phi) is 7.89. The second-order valence-corrected chi connectivity index (χ2v) is 15.6. The maximum absolute atomic E-state index is 2.49. The summed E-state index contributed by atoms with van der Waals surface area (Å²) >= 11 is 0. The van der Waals surface area contributed by atoms with Gasteiger partial charge in [0, 0.05) is 38.1 Å². The number of nitrogens with zero attached hydrogens (tertiary/aromatic N) is 2. The molecule has 12 rings (SSSR count). The third-order valence-electron chi connectivity index (χ3n) is 12.3. The van der Waals surface area contributed by atoms with Gasteiger partial charge in [-0.05, 0) is 81.2 Å². The summed E-state index contributed by atoms with van der Waals surface area (Å²) in [6.45, 7) is 0. The Hall–Kier alpha value is -7.94. The van der Waals surface area contributed by atoms with Crippen LogP contribution in [0.3, 0.4) is 0 Å². The molecule has 12 aromatic rings. The van der Waals surface area contributed by atoms with Crippen LogP contribution < -0.4 is 0 Å². The standard InChI is InChI=1S/C58H38N2/c1-4-17-39(18-5-1)44-33-36-55(48-25-11-10-24-47(44)48)59-54-30-15-13-26-49(54)51-37-42(31-34-56(51)59)43-32-35-57-52(38-43)50-28-16-27-46(41-21-8-3-9-22-41)58(50)60(57)53-29-14-12-23-45(53)40-19-6-2-7-20-40/h1-38H. The van der Waals surface area contributed by atoms with Crippen LogP contribution in [0.1, 0.15) is 0 Å². The van der Waals surface area contributed by atoms with Crippen molar-refractivity contribution >= 4 is 54.4 Å². The zero-order valence-corrected chi connectivity index (χ0v) is 32.8. The second kappa shape index (κ2) is 13.9. The van der Waals surface area contributed by atoms with Gasteiger partial charge < -0.3 is 9.13 Å². The molecule has 0 saturated heterocycles. The van der Waals surface area contributed by atoms with E-state index in [1.807, 2.05) is 0 Å². The van der Waals surface area contributed by atoms with Crippen LogP contribution in [0.5, 0.6) is 0 Å². The lowest BCUT2D eigenvalue weighted by molar-refractivity contribution is 1.18. The third kappa shape index (κ3) is 5.35. The largest absolute Gasteiger partial charge is 0.309 e. The fourth-order valence-corrected chi connectivity index (χ4v) is 9.64. The van der Waals surface area contributed by atoms with E-state index in [0.717, 1.165) is 0 Å². The van der Waals surface area contributed by atoms with Crippen molar-refractivity contribution in [3.05, 3.63) is 231 Å². The van der Waals surface area contributed by atoms with Crippen LogP contribution in [0.25, 0.3) is 110 Å². The first-order chi connectivity index (χ1) is 29.8. The summed E-state index contributed by atoms with van der Waals surface area (Å²) < 4.78 is 4.95. The van der Waals surface area contributed by atoms with E-state index >= 15 is 0 Å². The first-order valence-electron chi connectivity index (χ1n) is 20.7. The quantitative estimate of drug-likeness (QED) is 0.160. The van der Waals surface area contributed by atoms with Crippen LogP contribution in [0.2, 0.25) is 0 Å². The molecule has 0 saturated carbocycles. The molecule has 0 amide bonds. The summed E-state index contributed by atoms with van der Waals surface area (Å²) in [6.07, 6.45) is 0. The predicted octanol–water partition coefficient (Wildman–Crippen LogP) is 15.7. The minimum absolute atomic E-state index is 1.17. The topological polar surface area (TPSA) is 9.86 Å². The van der Waals surface area contributed by atoms with Crippen molar-refractivity contribution in [2.75, 3.05) is 0 Å². The highest BCUT2D eigenvalue weighted by Crippen LogP contribution is 2.43. The van der Waals surface area contributed by atoms with Crippen LogP contribution >= 0.6 is 0 Å². The highest BCUT2D eigenvalue weighted by atomic mass is 15.0. The molecule has 2 nitrogen and oxygen atoms in total. The van der Waals surface area contributed by atoms with Gasteiger partial charge in [0.2, 0.25) is 0 Å². The molecule has 0 N–H and O–H groups in total. The third-order valence-corrected chi connectivity index (χ3v) is 12.3. The lowest BCUT2D eigenvalue weighted by Gasteiger charge is -2.16. The lowest BCUT2D eigenvalue weighted by atomic mass is 9.97. The lowest BCUT2D eigenvalue weighted by Crippen LogP contribution is -1.98. The van der Waals surface area contributed by atoms with E-state index in [0.29, 0.717) is 0 Å². The average Bonchev–Trinajstić information content (AvgIpc) is 3.84. The molecule has 60 heavy (non-hydrogen) atoms. The van der Waals surface area contributed by atoms with Crippen LogP contribution in [0.15, 0.2) is 231 Å². The normalized spacial score (nSPS) is 11.7. The zero-order valence-electron chi connectivity index (χ0n) is 32.8. The van der Waals surface area contributed by atoms with E-state index < -0.39 is 0 Å². The van der Waals surface area contributed by atoms with Gasteiger partial charge in [0.25, 0.3) is 0 Å². The number of hydrogen-bond acceptors (Lipinski definition) is 0. The molecular weight excluding hydrogens is 725 g/mol. The summed E-state index contributed by atoms with van der Waals surface area (Å²) in [4.78, 5) is 0. The molecule has 280 valence electrons. The molecule has 0 aliphatic rings. The van der Waals surface area contributed by atoms with E-state index in [-0.39, 0.29) is 0 Å². The second-order valence-electron chi connectivity index (χ2n) is 15.6. The van der Waals surface area contributed by atoms with Crippen LogP contribution in [-0.2, 0) is 0 Å². The summed E-state index contributed by atoms with van der Waals surface area (Å²) in [5, 5.41) is 7.43. The van der Waals surface area contributed by atoms with Crippen LogP contribution in [0.4, 0.5) is 0 Å². The molecule has 0 fully saturated rings. The highest BCUT2D eigenvalue weighted by molar-refractivity contribution is 6.16. The van der Waals surface area contributed by atoms with Gasteiger partial charge in [-0.15, -0.1) is 0 Å². The maximum Gasteiger partial charge on any atom is 0.0619 e. The summed E-state index contributed by atoms with van der Waals surface area (Å²) in [5.41, 5.74) is 16.8. The minimum Gasteiger partial charge on any atom is -0.309 e. The zero-order chi connectivity index (χ0) is 39.6. The summed E-state index contributed by atoms with van der Waals surface area (Å²) in [6, 6.07) is 84.1. The van der Waals surface area contributed by atoms with Crippen LogP contribution in [-0.4, -0.2) is 9.13 Å². The number of hydrogen-bond donors (Lipinski definition) is 0. The Balaban J connectivity index is 1.07. The van der Waals surface area contributed by atoms with Crippen LogP contribution in [0, 0.1) is 0 Å². The van der Waals surface area contributed by atoms with Gasteiger partial charge in [0.05, 0.1) is 33.4 Å². The summed E-state index contributed by atoms with van der Waals surface area (Å²) in [5.74, 6) is 0. The van der Waals surface area contributed by atoms with E-state index in [9.17, 15) is 0 Å². The number of fused-ring (bicyclic) bond motifs is 7. The van der Waals surface area contributed by atoms with Crippen molar-refractivity contribution in [3.8, 4) is 55.9 Å². The van der Waals surface area contributed by atoms with Gasteiger partial charge in [-0.1, -0.05) is 188 Å². The maximum atomic E-state index is 2.49. The van der Waals surface area contributed by atoms with Crippen molar-refractivity contribution in [1.29, 1.82) is 0 Å². The van der Waals surface area contributed by atoms with E-state index in [1.165, 1.54) is 110 Å². The number of rotatable bonds is 6. The number of benzene rings is 10. The molecule has 2 aromatic heterocycles. The van der Waals surface area contributed by atoms with Gasteiger partial charge >= 0.3 is 0 Å². The van der Waals surface area contributed by atoms with Gasteiger partial charge in [-0.3, -0.25) is 0 Å². The molecule has 0 aliphatic heterocycles. The number of para-hydroxylation sites is 3. The summed E-state index contributed by atoms with van der Waals surface area (Å²) in [7, 11) is 0. The van der Waals surface area contributed by atoms with E-state index in [1.54, 1.807) is 0 Å². The Morgan fingerprint density at radius 2 is 0.700 bits per heavy atom. The van der Waals surface area contributed by atoms with Crippen molar-refractivity contribution in [1.82, 2.24) is 9.13 Å². The molecule has 0 atom stereocenters. The fourth-order valence-electron chi connectivity index (χ4n) is 9.64. The van der Waals surface area contributed by atoms with Gasteiger partial charge in [-0.2, -0.15) is 0 Å². The molecule has 0 radical (unpaired) electrons. The Labute approximate surface area is 348 Å². The molecule has 2 heterocycles. The van der Waals surface area contributed by atoms with E-state index in [4.69, 9.17) is 0 Å². The SMILES string of the molecule is c1ccc(-c2ccccc2-n2c3ccc(-c4ccc5c(c4)c4ccccc4n5-c4ccc(-c5ccccc5)c5ccccc45)cc3c3cccc(-c4ccccc4)c32)cc1. The highest BCUT2D eigenvalue weighted by Gasteiger charge is 2.21. The molecule has 0 aliphatic carbocycles. The fraction of sp³-hybridized carbons (Fsp3) is 0. The molecule has 10 aromatic carbocycles. The molecule has 2 heteroatoms. The van der Waals surface area contributed by atoms with Crippen molar-refractivity contribution < 1.29 is 0 Å². The number of aromatic nitrogens is 2. The van der Waals surface area contributed by atoms with Gasteiger partial charge in [0.1, 0.15) is 0 Å². The monoisotopic (exact) mass is 762 g/mol. The van der Waals surface area contributed by atoms with Gasteiger partial charge in [-0.25, -0.2) is 0 Å². The molecular formula is C58H38N2. The van der Waals surface area contributed by atoms with Crippen molar-refractivity contribution in [3.63, 3.8) is 0 Å². The van der Waals surface area contributed by atoms with Crippen molar-refractivity contribution in [2.24, 2.45) is 0 Å². The molecule has 0 bridgehead atoms. The van der Waals surface area contributed by atoms with Crippen molar-refractivity contribution in [2.45, 2.75) is 0 Å².